The summed E-state index contributed by atoms with van der Waals surface area (Å²) >= 11 is 3.29. The third-order valence-electron chi connectivity index (χ3n) is 3.72. The molecule has 0 aliphatic heterocycles. The van der Waals surface area contributed by atoms with Gasteiger partial charge in [0.2, 0.25) is 5.91 Å². The van der Waals surface area contributed by atoms with E-state index in [-0.39, 0.29) is 5.91 Å². The molecule has 0 bridgehead atoms. The molecule has 0 atom stereocenters. The third kappa shape index (κ3) is 4.20. The summed E-state index contributed by atoms with van der Waals surface area (Å²) in [6, 6.07) is 12.3. The molecule has 0 unspecified atom stereocenters. The molecule has 2 aromatic heterocycles. The number of ether oxygens (including phenoxy) is 1. The minimum absolute atomic E-state index is 0.0516. The molecule has 0 spiro atoms. The fraction of sp³-hybridized carbons (Fsp3) is 0.333. The Kier molecular flexibility index (Phi) is 5.96. The number of hydrogen-bond donors (Lipinski definition) is 0. The number of amides is 1. The third-order valence-corrected chi connectivity index (χ3v) is 5.72. The molecule has 24 heavy (non-hydrogen) atoms. The monoisotopic (exact) mass is 360 g/mol. The van der Waals surface area contributed by atoms with Crippen molar-refractivity contribution < 1.29 is 9.53 Å². The SMILES string of the molecule is COCCn1c(=NC(=O)CCCc2cccs2)sc2ccccc21. The molecule has 0 aliphatic carbocycles. The van der Waals surface area contributed by atoms with E-state index in [1.165, 1.54) is 4.88 Å². The van der Waals surface area contributed by atoms with Gasteiger partial charge < -0.3 is 9.30 Å². The van der Waals surface area contributed by atoms with Crippen LogP contribution in [0.5, 0.6) is 0 Å². The second-order valence-electron chi connectivity index (χ2n) is 5.44. The first kappa shape index (κ1) is 17.1. The summed E-state index contributed by atoms with van der Waals surface area (Å²) in [6.45, 7) is 1.29. The topological polar surface area (TPSA) is 43.6 Å². The van der Waals surface area contributed by atoms with E-state index in [0.717, 1.165) is 27.9 Å². The first-order valence-electron chi connectivity index (χ1n) is 7.95. The number of methoxy groups -OCH3 is 1. The van der Waals surface area contributed by atoms with Crippen molar-refractivity contribution >= 4 is 38.8 Å². The van der Waals surface area contributed by atoms with Crippen molar-refractivity contribution in [1.82, 2.24) is 4.57 Å². The number of hydrogen-bond acceptors (Lipinski definition) is 4. The highest BCUT2D eigenvalue weighted by molar-refractivity contribution is 7.16. The smallest absolute Gasteiger partial charge is 0.248 e. The summed E-state index contributed by atoms with van der Waals surface area (Å²) in [5.41, 5.74) is 1.10. The highest BCUT2D eigenvalue weighted by Gasteiger charge is 2.07. The van der Waals surface area contributed by atoms with Crippen molar-refractivity contribution in [3.8, 4) is 0 Å². The molecule has 1 aromatic carbocycles. The Morgan fingerprint density at radius 1 is 1.25 bits per heavy atom. The molecule has 3 aromatic rings. The number of carbonyl (C=O) groups excluding carboxylic acids is 1. The molecule has 2 heterocycles. The van der Waals surface area contributed by atoms with Crippen molar-refractivity contribution in [2.24, 2.45) is 4.99 Å². The fourth-order valence-corrected chi connectivity index (χ4v) is 4.36. The lowest BCUT2D eigenvalue weighted by Crippen LogP contribution is -2.19. The van der Waals surface area contributed by atoms with Gasteiger partial charge >= 0.3 is 0 Å². The van der Waals surface area contributed by atoms with E-state index in [4.69, 9.17) is 4.74 Å². The van der Waals surface area contributed by atoms with Gasteiger partial charge in [-0.05, 0) is 36.4 Å². The standard InChI is InChI=1S/C18H20N2O2S2/c1-22-12-11-20-15-8-2-3-9-16(15)24-18(20)19-17(21)10-4-6-14-7-5-13-23-14/h2-3,5,7-9,13H,4,6,10-12H2,1H3. The average molecular weight is 361 g/mol. The average Bonchev–Trinajstić information content (AvgIpc) is 3.20. The zero-order valence-corrected chi connectivity index (χ0v) is 15.2. The van der Waals surface area contributed by atoms with E-state index >= 15 is 0 Å². The van der Waals surface area contributed by atoms with E-state index in [9.17, 15) is 4.79 Å². The van der Waals surface area contributed by atoms with Gasteiger partial charge in [0.05, 0.1) is 16.8 Å². The molecule has 4 nitrogen and oxygen atoms in total. The lowest BCUT2D eigenvalue weighted by atomic mass is 10.2. The predicted octanol–water partition coefficient (Wildman–Crippen LogP) is 3.86. The number of rotatable bonds is 7. The van der Waals surface area contributed by atoms with Crippen LogP contribution in [0.25, 0.3) is 10.2 Å². The summed E-state index contributed by atoms with van der Waals surface area (Å²) in [4.78, 5) is 18.7. The first-order valence-corrected chi connectivity index (χ1v) is 9.65. The number of benzene rings is 1. The molecular weight excluding hydrogens is 340 g/mol. The number of para-hydroxylation sites is 1. The molecule has 0 saturated heterocycles. The van der Waals surface area contributed by atoms with Crippen LogP contribution < -0.4 is 4.80 Å². The van der Waals surface area contributed by atoms with Gasteiger partial charge in [0.25, 0.3) is 0 Å². The maximum absolute atomic E-state index is 12.2. The molecule has 1 amide bonds. The molecule has 126 valence electrons. The van der Waals surface area contributed by atoms with Crippen LogP contribution in [0.15, 0.2) is 46.8 Å². The van der Waals surface area contributed by atoms with Gasteiger partial charge in [-0.25, -0.2) is 0 Å². The van der Waals surface area contributed by atoms with Gasteiger partial charge in [0.1, 0.15) is 0 Å². The van der Waals surface area contributed by atoms with E-state index in [0.29, 0.717) is 19.6 Å². The molecule has 0 saturated carbocycles. The molecular formula is C18H20N2O2S2. The second kappa shape index (κ2) is 8.37. The number of thiophene rings is 1. The Bertz CT molecular complexity index is 863. The van der Waals surface area contributed by atoms with Crippen LogP contribution in [0, 0.1) is 0 Å². The maximum atomic E-state index is 12.2. The van der Waals surface area contributed by atoms with Gasteiger partial charge in [0, 0.05) is 25.0 Å². The molecule has 0 radical (unpaired) electrons. The molecule has 0 N–H and O–H groups in total. The normalized spacial score (nSPS) is 12.1. The summed E-state index contributed by atoms with van der Waals surface area (Å²) in [6.07, 6.45) is 2.26. The Morgan fingerprint density at radius 2 is 2.12 bits per heavy atom. The van der Waals surface area contributed by atoms with Crippen LogP contribution >= 0.6 is 22.7 Å². The number of aryl methyl sites for hydroxylation is 1. The van der Waals surface area contributed by atoms with Crippen molar-refractivity contribution in [2.75, 3.05) is 13.7 Å². The maximum Gasteiger partial charge on any atom is 0.248 e. The Morgan fingerprint density at radius 3 is 2.92 bits per heavy atom. The summed E-state index contributed by atoms with van der Waals surface area (Å²) in [7, 11) is 1.68. The van der Waals surface area contributed by atoms with Gasteiger partial charge in [0.15, 0.2) is 4.80 Å². The predicted molar refractivity (Wildman–Crippen MR) is 99.5 cm³/mol. The van der Waals surface area contributed by atoms with Crippen LogP contribution in [0.2, 0.25) is 0 Å². The van der Waals surface area contributed by atoms with Crippen molar-refractivity contribution in [3.63, 3.8) is 0 Å². The van der Waals surface area contributed by atoms with E-state index in [1.807, 2.05) is 18.2 Å². The highest BCUT2D eigenvalue weighted by atomic mass is 32.1. The number of nitrogens with zero attached hydrogens (tertiary/aromatic N) is 2. The first-order chi connectivity index (χ1) is 11.8. The van der Waals surface area contributed by atoms with Crippen molar-refractivity contribution in [2.45, 2.75) is 25.8 Å². The van der Waals surface area contributed by atoms with E-state index < -0.39 is 0 Å². The van der Waals surface area contributed by atoms with Gasteiger partial charge in [-0.2, -0.15) is 4.99 Å². The van der Waals surface area contributed by atoms with Crippen LogP contribution in [0.1, 0.15) is 17.7 Å². The minimum Gasteiger partial charge on any atom is -0.383 e. The summed E-state index contributed by atoms with van der Waals surface area (Å²) in [5, 5.41) is 2.07. The zero-order chi connectivity index (χ0) is 16.8. The Balaban J connectivity index is 1.76. The van der Waals surface area contributed by atoms with Gasteiger partial charge in [-0.15, -0.1) is 11.3 Å². The Labute approximate surface area is 149 Å². The number of thiazole rings is 1. The summed E-state index contributed by atoms with van der Waals surface area (Å²) in [5.74, 6) is -0.0516. The van der Waals surface area contributed by atoms with Crippen LogP contribution in [0.3, 0.4) is 0 Å². The quantitative estimate of drug-likeness (QED) is 0.642. The largest absolute Gasteiger partial charge is 0.383 e. The summed E-state index contributed by atoms with van der Waals surface area (Å²) < 4.78 is 8.40. The Hall–Kier alpha value is -1.76. The van der Waals surface area contributed by atoms with E-state index in [2.05, 4.69) is 33.1 Å². The molecule has 6 heteroatoms. The molecule has 0 aliphatic rings. The van der Waals surface area contributed by atoms with Crippen LogP contribution in [0.4, 0.5) is 0 Å². The van der Waals surface area contributed by atoms with Crippen LogP contribution in [-0.2, 0) is 22.5 Å². The number of aromatic nitrogens is 1. The minimum atomic E-state index is -0.0516. The second-order valence-corrected chi connectivity index (χ2v) is 7.48. The number of fused-ring (bicyclic) bond motifs is 1. The van der Waals surface area contributed by atoms with Crippen molar-refractivity contribution in [1.29, 1.82) is 0 Å². The van der Waals surface area contributed by atoms with E-state index in [1.54, 1.807) is 29.8 Å². The van der Waals surface area contributed by atoms with Gasteiger partial charge in [-0.1, -0.05) is 29.5 Å². The van der Waals surface area contributed by atoms with Crippen LogP contribution in [-0.4, -0.2) is 24.2 Å². The molecule has 0 fully saturated rings. The molecule has 3 rings (SSSR count). The lowest BCUT2D eigenvalue weighted by molar-refractivity contribution is -0.118. The fourth-order valence-electron chi connectivity index (χ4n) is 2.54. The van der Waals surface area contributed by atoms with Crippen molar-refractivity contribution in [3.05, 3.63) is 51.5 Å². The van der Waals surface area contributed by atoms with Gasteiger partial charge in [-0.3, -0.25) is 4.79 Å². The number of carbonyl (C=O) groups is 1. The lowest BCUT2D eigenvalue weighted by Gasteiger charge is -2.03. The highest BCUT2D eigenvalue weighted by Crippen LogP contribution is 2.17. The zero-order valence-electron chi connectivity index (χ0n) is 13.6.